The van der Waals surface area contributed by atoms with Crippen LogP contribution in [0.1, 0.15) is 25.7 Å². The van der Waals surface area contributed by atoms with Gasteiger partial charge in [0, 0.05) is 18.0 Å². The van der Waals surface area contributed by atoms with E-state index in [9.17, 15) is 9.18 Å². The second kappa shape index (κ2) is 6.02. The van der Waals surface area contributed by atoms with Crippen molar-refractivity contribution in [3.05, 3.63) is 24.0 Å². The van der Waals surface area contributed by atoms with E-state index in [1.807, 2.05) is 0 Å². The van der Waals surface area contributed by atoms with Crippen molar-refractivity contribution in [1.82, 2.24) is 0 Å². The van der Waals surface area contributed by atoms with Crippen molar-refractivity contribution in [2.75, 3.05) is 12.4 Å². The van der Waals surface area contributed by atoms with Crippen molar-refractivity contribution in [3.8, 4) is 5.75 Å². The summed E-state index contributed by atoms with van der Waals surface area (Å²) in [7, 11) is 1.45. The highest BCUT2D eigenvalue weighted by molar-refractivity contribution is 5.94. The third kappa shape index (κ3) is 3.44. The van der Waals surface area contributed by atoms with Crippen LogP contribution in [-0.2, 0) is 4.79 Å². The third-order valence-corrected chi connectivity index (χ3v) is 3.56. The zero-order valence-electron chi connectivity index (χ0n) is 11.0. The highest BCUT2D eigenvalue weighted by Crippen LogP contribution is 2.28. The van der Waals surface area contributed by atoms with Crippen molar-refractivity contribution in [1.29, 1.82) is 0 Å². The topological polar surface area (TPSA) is 64.3 Å². The fourth-order valence-corrected chi connectivity index (χ4v) is 2.38. The van der Waals surface area contributed by atoms with E-state index in [1.54, 1.807) is 0 Å². The maximum Gasteiger partial charge on any atom is 0.227 e. The molecule has 104 valence electrons. The lowest BCUT2D eigenvalue weighted by Gasteiger charge is -2.25. The van der Waals surface area contributed by atoms with Gasteiger partial charge in [0.15, 0.2) is 0 Å². The zero-order valence-corrected chi connectivity index (χ0v) is 11.0. The first-order chi connectivity index (χ1) is 9.10. The fraction of sp³-hybridized carbons (Fsp3) is 0.500. The number of ether oxygens (including phenoxy) is 1. The molecule has 0 spiro atoms. The van der Waals surface area contributed by atoms with Crippen LogP contribution in [0.3, 0.4) is 0 Å². The van der Waals surface area contributed by atoms with Gasteiger partial charge in [0.05, 0.1) is 12.8 Å². The number of methoxy groups -OCH3 is 1. The van der Waals surface area contributed by atoms with E-state index in [-0.39, 0.29) is 17.9 Å². The lowest BCUT2D eigenvalue weighted by molar-refractivity contribution is -0.120. The molecule has 19 heavy (non-hydrogen) atoms. The predicted octanol–water partition coefficient (Wildman–Crippen LogP) is 2.29. The van der Waals surface area contributed by atoms with Gasteiger partial charge in [-0.05, 0) is 37.8 Å². The number of hydrogen-bond donors (Lipinski definition) is 2. The van der Waals surface area contributed by atoms with Crippen LogP contribution < -0.4 is 15.8 Å². The summed E-state index contributed by atoms with van der Waals surface area (Å²) < 4.78 is 18.1. The summed E-state index contributed by atoms with van der Waals surface area (Å²) in [5, 5.41) is 2.80. The molecule has 1 aliphatic carbocycles. The van der Waals surface area contributed by atoms with Gasteiger partial charge in [0.2, 0.25) is 5.91 Å². The Morgan fingerprint density at radius 2 is 2.05 bits per heavy atom. The van der Waals surface area contributed by atoms with Crippen LogP contribution in [0.4, 0.5) is 10.1 Å². The lowest BCUT2D eigenvalue weighted by Crippen LogP contribution is -2.32. The summed E-state index contributed by atoms with van der Waals surface area (Å²) in [5.41, 5.74) is 6.32. The number of nitrogens with two attached hydrogens (primary N) is 1. The molecule has 0 unspecified atom stereocenters. The maximum atomic E-state index is 13.1. The van der Waals surface area contributed by atoms with Crippen LogP contribution in [-0.4, -0.2) is 19.1 Å². The number of benzene rings is 1. The molecule has 0 aliphatic heterocycles. The Hall–Kier alpha value is -1.62. The average Bonchev–Trinajstić information content (AvgIpc) is 2.41. The molecule has 0 aromatic heterocycles. The molecular weight excluding hydrogens is 247 g/mol. The van der Waals surface area contributed by atoms with Gasteiger partial charge in [-0.15, -0.1) is 0 Å². The van der Waals surface area contributed by atoms with Gasteiger partial charge in [-0.2, -0.15) is 0 Å². The van der Waals surface area contributed by atoms with Crippen LogP contribution in [0.25, 0.3) is 0 Å². The number of hydrogen-bond acceptors (Lipinski definition) is 3. The first-order valence-corrected chi connectivity index (χ1v) is 6.50. The Kier molecular flexibility index (Phi) is 4.37. The summed E-state index contributed by atoms with van der Waals surface area (Å²) >= 11 is 0. The summed E-state index contributed by atoms with van der Waals surface area (Å²) in [6.45, 7) is 0. The third-order valence-electron chi connectivity index (χ3n) is 3.56. The SMILES string of the molecule is COc1cc(F)ccc1NC(=O)C1CCC(N)CC1. The molecule has 1 aliphatic rings. The molecule has 1 fully saturated rings. The minimum Gasteiger partial charge on any atom is -0.494 e. The molecule has 0 heterocycles. The largest absolute Gasteiger partial charge is 0.494 e. The van der Waals surface area contributed by atoms with Crippen molar-refractivity contribution in [2.45, 2.75) is 31.7 Å². The van der Waals surface area contributed by atoms with Gasteiger partial charge in [0.1, 0.15) is 11.6 Å². The lowest BCUT2D eigenvalue weighted by atomic mass is 9.86. The van der Waals surface area contributed by atoms with Gasteiger partial charge in [-0.3, -0.25) is 4.79 Å². The number of anilines is 1. The number of amides is 1. The van der Waals surface area contributed by atoms with Crippen molar-refractivity contribution < 1.29 is 13.9 Å². The quantitative estimate of drug-likeness (QED) is 0.882. The molecule has 0 bridgehead atoms. The Labute approximate surface area is 112 Å². The molecule has 2 rings (SSSR count). The second-order valence-electron chi connectivity index (χ2n) is 4.95. The molecular formula is C14H19FN2O2. The van der Waals surface area contributed by atoms with Crippen molar-refractivity contribution >= 4 is 11.6 Å². The van der Waals surface area contributed by atoms with E-state index in [1.165, 1.54) is 25.3 Å². The maximum absolute atomic E-state index is 13.1. The summed E-state index contributed by atoms with van der Waals surface area (Å²) in [5.74, 6) is -0.120. The minimum absolute atomic E-state index is 0.0189. The molecule has 1 aromatic carbocycles. The van der Waals surface area contributed by atoms with Gasteiger partial charge >= 0.3 is 0 Å². The molecule has 0 saturated heterocycles. The number of carbonyl (C=O) groups is 1. The second-order valence-corrected chi connectivity index (χ2v) is 4.95. The van der Waals surface area contributed by atoms with Crippen LogP contribution in [0, 0.1) is 11.7 Å². The highest BCUT2D eigenvalue weighted by atomic mass is 19.1. The Morgan fingerprint density at radius 3 is 2.68 bits per heavy atom. The first-order valence-electron chi connectivity index (χ1n) is 6.50. The van der Waals surface area contributed by atoms with Crippen molar-refractivity contribution in [2.24, 2.45) is 11.7 Å². The molecule has 1 saturated carbocycles. The standard InChI is InChI=1S/C14H19FN2O2/c1-19-13-8-10(15)4-7-12(13)17-14(18)9-2-5-11(16)6-3-9/h4,7-9,11H,2-3,5-6,16H2,1H3,(H,17,18). The normalized spacial score (nSPS) is 22.9. The first kappa shape index (κ1) is 13.8. The van der Waals surface area contributed by atoms with Crippen LogP contribution in [0.5, 0.6) is 5.75 Å². The fourth-order valence-electron chi connectivity index (χ4n) is 2.38. The summed E-state index contributed by atoms with van der Waals surface area (Å²) in [6, 6.07) is 4.28. The molecule has 4 nitrogen and oxygen atoms in total. The highest BCUT2D eigenvalue weighted by Gasteiger charge is 2.25. The van der Waals surface area contributed by atoms with Gasteiger partial charge < -0.3 is 15.8 Å². The molecule has 1 amide bonds. The van der Waals surface area contributed by atoms with E-state index in [0.29, 0.717) is 11.4 Å². The number of halogens is 1. The Bertz CT molecular complexity index is 457. The molecule has 5 heteroatoms. The van der Waals surface area contributed by atoms with Gasteiger partial charge in [-0.25, -0.2) is 4.39 Å². The summed E-state index contributed by atoms with van der Waals surface area (Å²) in [4.78, 5) is 12.1. The smallest absolute Gasteiger partial charge is 0.227 e. The van der Waals surface area contributed by atoms with Gasteiger partial charge in [0.25, 0.3) is 0 Å². The average molecular weight is 266 g/mol. The van der Waals surface area contributed by atoms with E-state index < -0.39 is 5.82 Å². The Morgan fingerprint density at radius 1 is 1.37 bits per heavy atom. The number of rotatable bonds is 3. The molecule has 0 radical (unpaired) electrons. The Balaban J connectivity index is 2.02. The van der Waals surface area contributed by atoms with Crippen LogP contribution in [0.15, 0.2) is 18.2 Å². The van der Waals surface area contributed by atoms with Crippen LogP contribution >= 0.6 is 0 Å². The van der Waals surface area contributed by atoms with Gasteiger partial charge in [-0.1, -0.05) is 0 Å². The van der Waals surface area contributed by atoms with E-state index >= 15 is 0 Å². The number of carbonyl (C=O) groups excluding carboxylic acids is 1. The summed E-state index contributed by atoms with van der Waals surface area (Å²) in [6.07, 6.45) is 3.35. The predicted molar refractivity (Wildman–Crippen MR) is 71.5 cm³/mol. The molecule has 1 aromatic rings. The molecule has 0 atom stereocenters. The number of nitrogens with one attached hydrogen (secondary N) is 1. The van der Waals surface area contributed by atoms with E-state index in [2.05, 4.69) is 5.32 Å². The van der Waals surface area contributed by atoms with Crippen molar-refractivity contribution in [3.63, 3.8) is 0 Å². The monoisotopic (exact) mass is 266 g/mol. The van der Waals surface area contributed by atoms with Crippen LogP contribution in [0.2, 0.25) is 0 Å². The zero-order chi connectivity index (χ0) is 13.8. The minimum atomic E-state index is -0.390. The van der Waals surface area contributed by atoms with E-state index in [0.717, 1.165) is 25.7 Å². The molecule has 3 N–H and O–H groups in total. The van der Waals surface area contributed by atoms with E-state index in [4.69, 9.17) is 10.5 Å².